The number of likely N-dealkylation sites (N-methyl/N-ethyl adjacent to an activating group) is 1. The highest BCUT2D eigenvalue weighted by Crippen LogP contribution is 2.18. The van der Waals surface area contributed by atoms with E-state index in [1.807, 2.05) is 7.05 Å². The van der Waals surface area contributed by atoms with Crippen LogP contribution in [0.4, 0.5) is 0 Å². The SMILES string of the molecule is CNCCNC(=O)c1cc(Cl)cc(Cl)c1.Cl. The minimum Gasteiger partial charge on any atom is -0.351 e. The van der Waals surface area contributed by atoms with Crippen molar-refractivity contribution in [3.05, 3.63) is 33.8 Å². The lowest BCUT2D eigenvalue weighted by molar-refractivity contribution is 0.0954. The molecule has 0 fully saturated rings. The van der Waals surface area contributed by atoms with Crippen LogP contribution in [0.5, 0.6) is 0 Å². The number of hydrogen-bond acceptors (Lipinski definition) is 2. The molecule has 90 valence electrons. The maximum Gasteiger partial charge on any atom is 0.251 e. The first-order valence-corrected chi connectivity index (χ1v) is 5.28. The van der Waals surface area contributed by atoms with Gasteiger partial charge in [-0.1, -0.05) is 23.2 Å². The average molecular weight is 284 g/mol. The van der Waals surface area contributed by atoms with Crippen LogP contribution in [0.15, 0.2) is 18.2 Å². The molecule has 1 aromatic rings. The van der Waals surface area contributed by atoms with Gasteiger partial charge in [-0.3, -0.25) is 4.79 Å². The zero-order chi connectivity index (χ0) is 11.3. The second-order valence-corrected chi connectivity index (χ2v) is 3.89. The summed E-state index contributed by atoms with van der Waals surface area (Å²) < 4.78 is 0. The standard InChI is InChI=1S/C10H12Cl2N2O.ClH/c1-13-2-3-14-10(15)7-4-8(11)6-9(12)5-7;/h4-6,13H,2-3H2,1H3,(H,14,15);1H. The second kappa shape index (κ2) is 7.74. The van der Waals surface area contributed by atoms with E-state index < -0.39 is 0 Å². The molecule has 0 aliphatic heterocycles. The Balaban J connectivity index is 0.00000225. The van der Waals surface area contributed by atoms with Gasteiger partial charge in [0.25, 0.3) is 5.91 Å². The summed E-state index contributed by atoms with van der Waals surface area (Å²) in [7, 11) is 1.82. The highest BCUT2D eigenvalue weighted by atomic mass is 35.5. The van der Waals surface area contributed by atoms with Gasteiger partial charge < -0.3 is 10.6 Å². The van der Waals surface area contributed by atoms with E-state index in [1.54, 1.807) is 18.2 Å². The van der Waals surface area contributed by atoms with Crippen molar-refractivity contribution in [1.82, 2.24) is 10.6 Å². The molecule has 2 N–H and O–H groups in total. The molecule has 1 rings (SSSR count). The molecule has 16 heavy (non-hydrogen) atoms. The fourth-order valence-electron chi connectivity index (χ4n) is 1.09. The Labute approximate surface area is 111 Å². The fraction of sp³-hybridized carbons (Fsp3) is 0.300. The van der Waals surface area contributed by atoms with Crippen molar-refractivity contribution in [3.63, 3.8) is 0 Å². The van der Waals surface area contributed by atoms with Crippen LogP contribution < -0.4 is 10.6 Å². The third-order valence-electron chi connectivity index (χ3n) is 1.79. The number of benzene rings is 1. The number of amides is 1. The molecule has 0 aliphatic rings. The quantitative estimate of drug-likeness (QED) is 0.833. The zero-order valence-electron chi connectivity index (χ0n) is 8.72. The highest BCUT2D eigenvalue weighted by molar-refractivity contribution is 6.35. The van der Waals surface area contributed by atoms with Gasteiger partial charge in [0.2, 0.25) is 0 Å². The molecular weight excluding hydrogens is 270 g/mol. The molecule has 0 unspecified atom stereocenters. The van der Waals surface area contributed by atoms with Crippen molar-refractivity contribution in [2.45, 2.75) is 0 Å². The van der Waals surface area contributed by atoms with Crippen LogP contribution in [0.3, 0.4) is 0 Å². The molecule has 0 aliphatic carbocycles. The summed E-state index contributed by atoms with van der Waals surface area (Å²) in [6.07, 6.45) is 0. The summed E-state index contributed by atoms with van der Waals surface area (Å²) in [4.78, 5) is 11.6. The second-order valence-electron chi connectivity index (χ2n) is 3.02. The van der Waals surface area contributed by atoms with Crippen molar-refractivity contribution in [3.8, 4) is 0 Å². The topological polar surface area (TPSA) is 41.1 Å². The van der Waals surface area contributed by atoms with Gasteiger partial charge in [0.1, 0.15) is 0 Å². The van der Waals surface area contributed by atoms with E-state index in [0.29, 0.717) is 22.2 Å². The first-order valence-electron chi connectivity index (χ1n) is 4.52. The Hall–Kier alpha value is -0.480. The van der Waals surface area contributed by atoms with Crippen LogP contribution in [-0.4, -0.2) is 26.0 Å². The van der Waals surface area contributed by atoms with Crippen molar-refractivity contribution >= 4 is 41.5 Å². The molecule has 0 atom stereocenters. The first kappa shape index (κ1) is 15.5. The number of carbonyl (C=O) groups excluding carboxylic acids is 1. The molecular formula is C10H13Cl3N2O. The van der Waals surface area contributed by atoms with Gasteiger partial charge in [-0.15, -0.1) is 12.4 Å². The zero-order valence-corrected chi connectivity index (χ0v) is 11.0. The van der Waals surface area contributed by atoms with E-state index in [0.717, 1.165) is 6.54 Å². The largest absolute Gasteiger partial charge is 0.351 e. The Morgan fingerprint density at radius 1 is 1.19 bits per heavy atom. The van der Waals surface area contributed by atoms with Crippen LogP contribution >= 0.6 is 35.6 Å². The number of rotatable bonds is 4. The summed E-state index contributed by atoms with van der Waals surface area (Å²) in [6.45, 7) is 1.29. The van der Waals surface area contributed by atoms with E-state index in [-0.39, 0.29) is 18.3 Å². The monoisotopic (exact) mass is 282 g/mol. The van der Waals surface area contributed by atoms with Crippen LogP contribution in [0.25, 0.3) is 0 Å². The van der Waals surface area contributed by atoms with E-state index in [2.05, 4.69) is 10.6 Å². The summed E-state index contributed by atoms with van der Waals surface area (Å²) in [5, 5.41) is 6.59. The average Bonchev–Trinajstić information content (AvgIpc) is 2.16. The van der Waals surface area contributed by atoms with Crippen LogP contribution in [0.2, 0.25) is 10.0 Å². The summed E-state index contributed by atoms with van der Waals surface area (Å²) in [5.41, 5.74) is 0.476. The Morgan fingerprint density at radius 3 is 2.25 bits per heavy atom. The predicted molar refractivity (Wildman–Crippen MR) is 70.0 cm³/mol. The van der Waals surface area contributed by atoms with Crippen molar-refractivity contribution in [2.24, 2.45) is 0 Å². The molecule has 0 spiro atoms. The molecule has 1 aromatic carbocycles. The number of carbonyl (C=O) groups is 1. The molecule has 1 amide bonds. The fourth-order valence-corrected chi connectivity index (χ4v) is 1.61. The first-order chi connectivity index (χ1) is 7.13. The molecule has 0 heterocycles. The number of nitrogens with one attached hydrogen (secondary N) is 2. The molecule has 0 bridgehead atoms. The van der Waals surface area contributed by atoms with Gasteiger partial charge in [-0.25, -0.2) is 0 Å². The molecule has 0 saturated heterocycles. The lowest BCUT2D eigenvalue weighted by Gasteiger charge is -2.05. The van der Waals surface area contributed by atoms with E-state index in [9.17, 15) is 4.79 Å². The van der Waals surface area contributed by atoms with Gasteiger partial charge in [0, 0.05) is 28.7 Å². The molecule has 3 nitrogen and oxygen atoms in total. The number of hydrogen-bond donors (Lipinski definition) is 2. The predicted octanol–water partition coefficient (Wildman–Crippen LogP) is 2.36. The Bertz CT molecular complexity index is 338. The Morgan fingerprint density at radius 2 is 1.75 bits per heavy atom. The van der Waals surface area contributed by atoms with E-state index in [1.165, 1.54) is 0 Å². The van der Waals surface area contributed by atoms with Crippen molar-refractivity contribution in [1.29, 1.82) is 0 Å². The molecule has 0 radical (unpaired) electrons. The maximum absolute atomic E-state index is 11.6. The van der Waals surface area contributed by atoms with Crippen molar-refractivity contribution in [2.75, 3.05) is 20.1 Å². The van der Waals surface area contributed by atoms with Gasteiger partial charge in [0.15, 0.2) is 0 Å². The molecule has 6 heteroatoms. The molecule has 0 aromatic heterocycles. The Kier molecular flexibility index (Phi) is 7.51. The van der Waals surface area contributed by atoms with E-state index in [4.69, 9.17) is 23.2 Å². The third kappa shape index (κ3) is 5.03. The van der Waals surface area contributed by atoms with Crippen LogP contribution in [-0.2, 0) is 0 Å². The van der Waals surface area contributed by atoms with Gasteiger partial charge in [-0.2, -0.15) is 0 Å². The minimum atomic E-state index is -0.172. The van der Waals surface area contributed by atoms with Crippen LogP contribution in [0, 0.1) is 0 Å². The summed E-state index contributed by atoms with van der Waals surface area (Å²) >= 11 is 11.6. The lowest BCUT2D eigenvalue weighted by atomic mass is 10.2. The lowest BCUT2D eigenvalue weighted by Crippen LogP contribution is -2.30. The van der Waals surface area contributed by atoms with Gasteiger partial charge in [-0.05, 0) is 25.2 Å². The smallest absolute Gasteiger partial charge is 0.251 e. The molecule has 0 saturated carbocycles. The number of halogens is 3. The summed E-state index contributed by atoms with van der Waals surface area (Å²) in [5.74, 6) is -0.172. The summed E-state index contributed by atoms with van der Waals surface area (Å²) in [6, 6.07) is 4.76. The minimum absolute atomic E-state index is 0. The van der Waals surface area contributed by atoms with Gasteiger partial charge in [0.05, 0.1) is 0 Å². The highest BCUT2D eigenvalue weighted by Gasteiger charge is 2.06. The van der Waals surface area contributed by atoms with Crippen molar-refractivity contribution < 1.29 is 4.79 Å². The normalized spacial score (nSPS) is 9.44. The van der Waals surface area contributed by atoms with E-state index >= 15 is 0 Å². The van der Waals surface area contributed by atoms with Gasteiger partial charge >= 0.3 is 0 Å². The third-order valence-corrected chi connectivity index (χ3v) is 2.22. The maximum atomic E-state index is 11.6. The van der Waals surface area contributed by atoms with Crippen LogP contribution in [0.1, 0.15) is 10.4 Å².